The maximum atomic E-state index is 10.7. The van der Waals surface area contributed by atoms with Crippen LogP contribution in [0.1, 0.15) is 28.8 Å². The van der Waals surface area contributed by atoms with Crippen molar-refractivity contribution in [3.63, 3.8) is 0 Å². The second kappa shape index (κ2) is 9.38. The van der Waals surface area contributed by atoms with Gasteiger partial charge in [0, 0.05) is 44.8 Å². The second-order valence-electron chi connectivity index (χ2n) is 6.63. The van der Waals surface area contributed by atoms with Gasteiger partial charge in [0.15, 0.2) is 0 Å². The third-order valence-electron chi connectivity index (χ3n) is 4.96. The Bertz CT molecular complexity index is 466. The minimum absolute atomic E-state index is 0. The molecule has 0 aliphatic carbocycles. The number of hydrogen-bond acceptors (Lipinski definition) is 4. The monoisotopic (exact) mass is 337 g/mol. The molecule has 128 valence electrons. The lowest BCUT2D eigenvalue weighted by molar-refractivity contribution is 0.107. The molecule has 1 aromatic rings. The van der Waals surface area contributed by atoms with E-state index in [1.807, 2.05) is 12.1 Å². The van der Waals surface area contributed by atoms with Crippen molar-refractivity contribution in [1.29, 1.82) is 0 Å². The summed E-state index contributed by atoms with van der Waals surface area (Å²) in [6.45, 7) is 9.36. The molecule has 2 aliphatic rings. The standard InChI is InChI=1S/C18H27N3O.ClH/c22-15-18-3-1-16(2-4-18)13-20-9-11-21(12-10-20)14-17-5-7-19-8-6-17;/h1-4,15,17,19H,5-14H2;1H. The van der Waals surface area contributed by atoms with Crippen LogP contribution in [0, 0.1) is 5.92 Å². The lowest BCUT2D eigenvalue weighted by Gasteiger charge is -2.37. The largest absolute Gasteiger partial charge is 0.317 e. The van der Waals surface area contributed by atoms with Crippen LogP contribution in [0.15, 0.2) is 24.3 Å². The third-order valence-corrected chi connectivity index (χ3v) is 4.96. The van der Waals surface area contributed by atoms with E-state index in [1.54, 1.807) is 0 Å². The molecule has 4 nitrogen and oxygen atoms in total. The van der Waals surface area contributed by atoms with Crippen molar-refractivity contribution < 1.29 is 4.79 Å². The van der Waals surface area contributed by atoms with Crippen LogP contribution >= 0.6 is 12.4 Å². The number of benzene rings is 1. The number of aldehydes is 1. The summed E-state index contributed by atoms with van der Waals surface area (Å²) in [6, 6.07) is 7.97. The maximum Gasteiger partial charge on any atom is 0.150 e. The first-order chi connectivity index (χ1) is 10.8. The van der Waals surface area contributed by atoms with Crippen LogP contribution in [0.3, 0.4) is 0 Å². The van der Waals surface area contributed by atoms with E-state index in [0.717, 1.165) is 37.4 Å². The maximum absolute atomic E-state index is 10.7. The molecule has 0 saturated carbocycles. The lowest BCUT2D eigenvalue weighted by Crippen LogP contribution is -2.48. The number of carbonyl (C=O) groups is 1. The van der Waals surface area contributed by atoms with Gasteiger partial charge in [-0.05, 0) is 37.4 Å². The Morgan fingerprint density at radius 1 is 1.00 bits per heavy atom. The third kappa shape index (κ3) is 5.57. The minimum atomic E-state index is 0. The summed E-state index contributed by atoms with van der Waals surface area (Å²) in [5, 5.41) is 3.45. The normalized spacial score (nSPS) is 20.9. The molecule has 0 amide bonds. The fourth-order valence-corrected chi connectivity index (χ4v) is 3.52. The van der Waals surface area contributed by atoms with Gasteiger partial charge in [0.25, 0.3) is 0 Å². The van der Waals surface area contributed by atoms with E-state index in [0.29, 0.717) is 0 Å². The van der Waals surface area contributed by atoms with Crippen LogP contribution < -0.4 is 5.32 Å². The van der Waals surface area contributed by atoms with Gasteiger partial charge in [-0.2, -0.15) is 0 Å². The number of halogens is 1. The SMILES string of the molecule is Cl.O=Cc1ccc(CN2CCN(CC3CCNCC3)CC2)cc1. The van der Waals surface area contributed by atoms with E-state index in [-0.39, 0.29) is 12.4 Å². The molecule has 2 saturated heterocycles. The fraction of sp³-hybridized carbons (Fsp3) is 0.611. The van der Waals surface area contributed by atoms with Crippen LogP contribution in [0.5, 0.6) is 0 Å². The molecular formula is C18H28ClN3O. The number of piperidine rings is 1. The smallest absolute Gasteiger partial charge is 0.150 e. The molecule has 0 spiro atoms. The predicted molar refractivity (Wildman–Crippen MR) is 96.4 cm³/mol. The number of piperazine rings is 1. The van der Waals surface area contributed by atoms with Crippen molar-refractivity contribution in [3.05, 3.63) is 35.4 Å². The van der Waals surface area contributed by atoms with Gasteiger partial charge < -0.3 is 10.2 Å². The van der Waals surface area contributed by atoms with Crippen molar-refractivity contribution in [3.8, 4) is 0 Å². The summed E-state index contributed by atoms with van der Waals surface area (Å²) < 4.78 is 0. The number of nitrogens with one attached hydrogen (secondary N) is 1. The van der Waals surface area contributed by atoms with Crippen LogP contribution in [0.4, 0.5) is 0 Å². The molecule has 0 atom stereocenters. The molecule has 1 N–H and O–H groups in total. The zero-order chi connectivity index (χ0) is 15.2. The Morgan fingerprint density at radius 3 is 2.22 bits per heavy atom. The number of hydrogen-bond donors (Lipinski definition) is 1. The van der Waals surface area contributed by atoms with Gasteiger partial charge in [-0.3, -0.25) is 9.69 Å². The van der Waals surface area contributed by atoms with Crippen LogP contribution in [0.25, 0.3) is 0 Å². The highest BCUT2D eigenvalue weighted by Crippen LogP contribution is 2.15. The number of rotatable bonds is 5. The van der Waals surface area contributed by atoms with Crippen LogP contribution in [0.2, 0.25) is 0 Å². The van der Waals surface area contributed by atoms with Gasteiger partial charge >= 0.3 is 0 Å². The fourth-order valence-electron chi connectivity index (χ4n) is 3.52. The van der Waals surface area contributed by atoms with Gasteiger partial charge in [-0.15, -0.1) is 12.4 Å². The van der Waals surface area contributed by atoms with E-state index in [1.165, 1.54) is 51.1 Å². The highest BCUT2D eigenvalue weighted by Gasteiger charge is 2.21. The Kier molecular flexibility index (Phi) is 7.50. The van der Waals surface area contributed by atoms with E-state index in [9.17, 15) is 4.79 Å². The molecule has 0 aromatic heterocycles. The highest BCUT2D eigenvalue weighted by atomic mass is 35.5. The Labute approximate surface area is 145 Å². The van der Waals surface area contributed by atoms with E-state index in [2.05, 4.69) is 27.2 Å². The molecule has 0 unspecified atom stereocenters. The molecule has 5 heteroatoms. The Balaban J connectivity index is 0.00000192. The van der Waals surface area contributed by atoms with Gasteiger partial charge in [0.1, 0.15) is 6.29 Å². The average molecular weight is 338 g/mol. The van der Waals surface area contributed by atoms with Gasteiger partial charge in [0.2, 0.25) is 0 Å². The summed E-state index contributed by atoms with van der Waals surface area (Å²) in [5.74, 6) is 0.892. The minimum Gasteiger partial charge on any atom is -0.317 e. The van der Waals surface area contributed by atoms with Gasteiger partial charge in [-0.25, -0.2) is 0 Å². The Hall–Kier alpha value is -0.940. The summed E-state index contributed by atoms with van der Waals surface area (Å²) in [4.78, 5) is 15.9. The van der Waals surface area contributed by atoms with E-state index < -0.39 is 0 Å². The molecule has 3 rings (SSSR count). The van der Waals surface area contributed by atoms with Crippen molar-refractivity contribution in [2.75, 3.05) is 45.8 Å². The van der Waals surface area contributed by atoms with E-state index in [4.69, 9.17) is 0 Å². The summed E-state index contributed by atoms with van der Waals surface area (Å²) in [5.41, 5.74) is 2.06. The number of carbonyl (C=O) groups excluding carboxylic acids is 1. The summed E-state index contributed by atoms with van der Waals surface area (Å²) in [7, 11) is 0. The molecule has 1 aromatic carbocycles. The first-order valence-electron chi connectivity index (χ1n) is 8.53. The van der Waals surface area contributed by atoms with Gasteiger partial charge in [0.05, 0.1) is 0 Å². The number of nitrogens with zero attached hydrogens (tertiary/aromatic N) is 2. The first-order valence-corrected chi connectivity index (χ1v) is 8.53. The topological polar surface area (TPSA) is 35.6 Å². The van der Waals surface area contributed by atoms with Gasteiger partial charge in [-0.1, -0.05) is 24.3 Å². The zero-order valence-corrected chi connectivity index (χ0v) is 14.6. The molecule has 2 aliphatic heterocycles. The molecule has 0 radical (unpaired) electrons. The molecule has 2 fully saturated rings. The molecular weight excluding hydrogens is 310 g/mol. The van der Waals surface area contributed by atoms with Crippen molar-refractivity contribution in [2.24, 2.45) is 5.92 Å². The molecule has 23 heavy (non-hydrogen) atoms. The van der Waals surface area contributed by atoms with Crippen molar-refractivity contribution in [1.82, 2.24) is 15.1 Å². The first kappa shape index (κ1) is 18.4. The Morgan fingerprint density at radius 2 is 1.61 bits per heavy atom. The molecule has 2 heterocycles. The van der Waals surface area contributed by atoms with Crippen molar-refractivity contribution >= 4 is 18.7 Å². The average Bonchev–Trinajstić information content (AvgIpc) is 2.58. The van der Waals surface area contributed by atoms with Crippen molar-refractivity contribution in [2.45, 2.75) is 19.4 Å². The van der Waals surface area contributed by atoms with Crippen LogP contribution in [-0.2, 0) is 6.54 Å². The molecule has 0 bridgehead atoms. The predicted octanol–water partition coefficient (Wildman–Crippen LogP) is 2.04. The van der Waals surface area contributed by atoms with Crippen LogP contribution in [-0.4, -0.2) is 61.9 Å². The highest BCUT2D eigenvalue weighted by molar-refractivity contribution is 5.85. The lowest BCUT2D eigenvalue weighted by atomic mass is 9.97. The van der Waals surface area contributed by atoms with E-state index >= 15 is 0 Å². The zero-order valence-electron chi connectivity index (χ0n) is 13.7. The quantitative estimate of drug-likeness (QED) is 0.834. The summed E-state index contributed by atoms with van der Waals surface area (Å²) >= 11 is 0. The second-order valence-corrected chi connectivity index (χ2v) is 6.63. The summed E-state index contributed by atoms with van der Waals surface area (Å²) in [6.07, 6.45) is 3.58.